The van der Waals surface area contributed by atoms with Gasteiger partial charge in [-0.3, -0.25) is 4.79 Å². The van der Waals surface area contributed by atoms with Gasteiger partial charge in [0, 0.05) is 37.8 Å². The minimum absolute atomic E-state index is 0.0595. The van der Waals surface area contributed by atoms with Crippen LogP contribution in [0.3, 0.4) is 0 Å². The number of benzene rings is 2. The largest absolute Gasteiger partial charge is 0.385 e. The summed E-state index contributed by atoms with van der Waals surface area (Å²) in [5.41, 5.74) is 3.51. The molecule has 3 aromatic rings. The van der Waals surface area contributed by atoms with Crippen molar-refractivity contribution < 1.29 is 9.90 Å². The van der Waals surface area contributed by atoms with Crippen LogP contribution in [0.25, 0.3) is 11.3 Å². The first kappa shape index (κ1) is 22.3. The fourth-order valence-electron chi connectivity index (χ4n) is 4.27. The number of carbonyl (C=O) groups is 1. The molecule has 2 heterocycles. The third kappa shape index (κ3) is 4.36. The smallest absolute Gasteiger partial charge is 0.257 e. The molecule has 0 saturated carbocycles. The lowest BCUT2D eigenvalue weighted by atomic mass is 9.84. The average molecular weight is 450 g/mol. The summed E-state index contributed by atoms with van der Waals surface area (Å²) >= 11 is 5.98. The lowest BCUT2D eigenvalue weighted by molar-refractivity contribution is -0.0211. The van der Waals surface area contributed by atoms with Gasteiger partial charge in [-0.2, -0.15) is 0 Å². The van der Waals surface area contributed by atoms with E-state index in [2.05, 4.69) is 13.0 Å². The van der Waals surface area contributed by atoms with Gasteiger partial charge in [0.05, 0.1) is 16.9 Å². The lowest BCUT2D eigenvalue weighted by Crippen LogP contribution is -2.45. The van der Waals surface area contributed by atoms with Crippen molar-refractivity contribution in [2.24, 2.45) is 0 Å². The quantitative estimate of drug-likeness (QED) is 0.615. The number of hydrogen-bond acceptors (Lipinski definition) is 4. The van der Waals surface area contributed by atoms with Gasteiger partial charge in [0.1, 0.15) is 5.82 Å². The van der Waals surface area contributed by atoms with E-state index in [9.17, 15) is 9.90 Å². The number of likely N-dealkylation sites (tertiary alicyclic amines) is 1. The molecule has 6 heteroatoms. The summed E-state index contributed by atoms with van der Waals surface area (Å²) in [7, 11) is 3.80. The Hall–Kier alpha value is -2.89. The zero-order valence-corrected chi connectivity index (χ0v) is 19.4. The van der Waals surface area contributed by atoms with Gasteiger partial charge in [0.15, 0.2) is 0 Å². The summed E-state index contributed by atoms with van der Waals surface area (Å²) in [6, 6.07) is 19.2. The highest BCUT2D eigenvalue weighted by Gasteiger charge is 2.36. The Labute approximate surface area is 194 Å². The molecule has 1 aliphatic rings. The number of amides is 1. The average Bonchev–Trinajstić information content (AvgIpc) is 2.79. The van der Waals surface area contributed by atoms with Crippen LogP contribution in [0, 0.1) is 6.92 Å². The predicted octanol–water partition coefficient (Wildman–Crippen LogP) is 4.90. The van der Waals surface area contributed by atoms with Gasteiger partial charge >= 0.3 is 0 Å². The van der Waals surface area contributed by atoms with Crippen LogP contribution < -0.4 is 4.90 Å². The van der Waals surface area contributed by atoms with Crippen LogP contribution in [0.2, 0.25) is 5.02 Å². The van der Waals surface area contributed by atoms with E-state index >= 15 is 0 Å². The standard InChI is InChI=1S/C26H28ClN3O2/c1-18-6-4-5-7-21(18)23-13-12-22(24(28-23)29(2)3)25(31)30-16-14-26(32,15-17-30)19-8-10-20(27)11-9-19/h4-13,32H,14-17H2,1-3H3. The number of pyridine rings is 1. The Kier molecular flexibility index (Phi) is 6.22. The number of nitrogens with zero attached hydrogens (tertiary/aromatic N) is 3. The van der Waals surface area contributed by atoms with Crippen LogP contribution >= 0.6 is 11.6 Å². The molecule has 0 bridgehead atoms. The van der Waals surface area contributed by atoms with Gasteiger partial charge in [-0.15, -0.1) is 0 Å². The number of rotatable bonds is 4. The molecular weight excluding hydrogens is 422 g/mol. The fourth-order valence-corrected chi connectivity index (χ4v) is 4.39. The van der Waals surface area contributed by atoms with Gasteiger partial charge in [0.25, 0.3) is 5.91 Å². The van der Waals surface area contributed by atoms with E-state index in [-0.39, 0.29) is 5.91 Å². The Morgan fingerprint density at radius 2 is 1.69 bits per heavy atom. The monoisotopic (exact) mass is 449 g/mol. The number of aromatic nitrogens is 1. The number of hydrogen-bond donors (Lipinski definition) is 1. The van der Waals surface area contributed by atoms with Crippen LogP contribution in [0.4, 0.5) is 5.82 Å². The number of halogens is 1. The van der Waals surface area contributed by atoms with Crippen molar-refractivity contribution in [3.63, 3.8) is 0 Å². The minimum atomic E-state index is -0.946. The molecule has 0 unspecified atom stereocenters. The Balaban J connectivity index is 1.56. The zero-order valence-electron chi connectivity index (χ0n) is 18.7. The minimum Gasteiger partial charge on any atom is -0.385 e. The maximum absolute atomic E-state index is 13.4. The molecule has 0 atom stereocenters. The van der Waals surface area contributed by atoms with Crippen LogP contribution in [0.15, 0.2) is 60.7 Å². The zero-order chi connectivity index (χ0) is 22.9. The van der Waals surface area contributed by atoms with Gasteiger partial charge in [-0.1, -0.05) is 48.0 Å². The predicted molar refractivity (Wildman–Crippen MR) is 129 cm³/mol. The molecule has 2 aromatic carbocycles. The summed E-state index contributed by atoms with van der Waals surface area (Å²) in [6.07, 6.45) is 0.957. The molecule has 1 saturated heterocycles. The number of aliphatic hydroxyl groups is 1. The molecule has 1 fully saturated rings. The molecule has 4 rings (SSSR count). The van der Waals surface area contributed by atoms with Crippen molar-refractivity contribution in [3.8, 4) is 11.3 Å². The molecule has 5 nitrogen and oxygen atoms in total. The second-order valence-corrected chi connectivity index (χ2v) is 9.04. The molecule has 0 radical (unpaired) electrons. The lowest BCUT2D eigenvalue weighted by Gasteiger charge is -2.38. The molecular formula is C26H28ClN3O2. The van der Waals surface area contributed by atoms with E-state index in [0.29, 0.717) is 42.3 Å². The Morgan fingerprint density at radius 1 is 1.03 bits per heavy atom. The summed E-state index contributed by atoms with van der Waals surface area (Å²) in [5, 5.41) is 11.8. The van der Waals surface area contributed by atoms with Crippen molar-refractivity contribution in [2.45, 2.75) is 25.4 Å². The van der Waals surface area contributed by atoms with E-state index in [1.165, 1.54) is 0 Å². The van der Waals surface area contributed by atoms with Crippen molar-refractivity contribution in [1.29, 1.82) is 0 Å². The van der Waals surface area contributed by atoms with E-state index in [4.69, 9.17) is 16.6 Å². The Bertz CT molecular complexity index is 1120. The van der Waals surface area contributed by atoms with Crippen molar-refractivity contribution in [2.75, 3.05) is 32.1 Å². The first-order valence-electron chi connectivity index (χ1n) is 10.8. The van der Waals surface area contributed by atoms with Gasteiger partial charge in [-0.25, -0.2) is 4.98 Å². The Morgan fingerprint density at radius 3 is 2.31 bits per heavy atom. The third-order valence-corrected chi connectivity index (χ3v) is 6.46. The molecule has 32 heavy (non-hydrogen) atoms. The number of aryl methyl sites for hydroxylation is 1. The highest BCUT2D eigenvalue weighted by molar-refractivity contribution is 6.30. The summed E-state index contributed by atoms with van der Waals surface area (Å²) in [4.78, 5) is 21.9. The molecule has 1 aromatic heterocycles. The van der Waals surface area contributed by atoms with E-state index < -0.39 is 5.60 Å². The van der Waals surface area contributed by atoms with Gasteiger partial charge in [-0.05, 0) is 55.2 Å². The summed E-state index contributed by atoms with van der Waals surface area (Å²) in [5.74, 6) is 0.588. The SMILES string of the molecule is Cc1ccccc1-c1ccc(C(=O)N2CCC(O)(c3ccc(Cl)cc3)CC2)c(N(C)C)n1. The van der Waals surface area contributed by atoms with E-state index in [0.717, 1.165) is 22.4 Å². The van der Waals surface area contributed by atoms with Crippen molar-refractivity contribution in [3.05, 3.63) is 82.4 Å². The molecule has 1 N–H and O–H groups in total. The van der Waals surface area contributed by atoms with Crippen LogP contribution in [0.5, 0.6) is 0 Å². The maximum atomic E-state index is 13.4. The molecule has 166 valence electrons. The van der Waals surface area contributed by atoms with Crippen molar-refractivity contribution in [1.82, 2.24) is 9.88 Å². The van der Waals surface area contributed by atoms with Crippen molar-refractivity contribution >= 4 is 23.3 Å². The molecule has 0 aliphatic carbocycles. The summed E-state index contributed by atoms with van der Waals surface area (Å²) < 4.78 is 0. The second-order valence-electron chi connectivity index (χ2n) is 8.61. The number of carbonyl (C=O) groups excluding carboxylic acids is 1. The first-order chi connectivity index (χ1) is 15.3. The van der Waals surface area contributed by atoms with Crippen LogP contribution in [-0.4, -0.2) is 48.1 Å². The highest BCUT2D eigenvalue weighted by Crippen LogP contribution is 2.34. The van der Waals surface area contributed by atoms with Crippen LogP contribution in [0.1, 0.15) is 34.3 Å². The van der Waals surface area contributed by atoms with Gasteiger partial charge < -0.3 is 14.9 Å². The topological polar surface area (TPSA) is 56.7 Å². The highest BCUT2D eigenvalue weighted by atomic mass is 35.5. The molecule has 0 spiro atoms. The second kappa shape index (κ2) is 8.93. The van der Waals surface area contributed by atoms with Gasteiger partial charge in [0.2, 0.25) is 0 Å². The molecule has 1 amide bonds. The van der Waals surface area contributed by atoms with E-state index in [1.807, 2.05) is 66.4 Å². The first-order valence-corrected chi connectivity index (χ1v) is 11.2. The number of piperidine rings is 1. The van der Waals surface area contributed by atoms with E-state index in [1.54, 1.807) is 12.1 Å². The van der Waals surface area contributed by atoms with Crippen LogP contribution in [-0.2, 0) is 5.60 Å². The molecule has 1 aliphatic heterocycles. The maximum Gasteiger partial charge on any atom is 0.257 e. The fraction of sp³-hybridized carbons (Fsp3) is 0.308. The third-order valence-electron chi connectivity index (χ3n) is 6.21. The number of anilines is 1. The normalized spacial score (nSPS) is 15.5. The summed E-state index contributed by atoms with van der Waals surface area (Å²) in [6.45, 7) is 3.01.